The van der Waals surface area contributed by atoms with Gasteiger partial charge in [0, 0.05) is 0 Å². The molecule has 21 heavy (non-hydrogen) atoms. The van der Waals surface area contributed by atoms with Crippen LogP contribution < -0.4 is 4.74 Å². The van der Waals surface area contributed by atoms with Gasteiger partial charge in [0.1, 0.15) is 0 Å². The fourth-order valence-corrected chi connectivity index (χ4v) is 2.23. The predicted octanol–water partition coefficient (Wildman–Crippen LogP) is 4.36. The lowest BCUT2D eigenvalue weighted by Crippen LogP contribution is -2.26. The van der Waals surface area contributed by atoms with E-state index >= 15 is 0 Å². The van der Waals surface area contributed by atoms with Crippen LogP contribution in [0.3, 0.4) is 0 Å². The molecule has 1 atom stereocenters. The van der Waals surface area contributed by atoms with Crippen LogP contribution in [-0.4, -0.2) is 22.3 Å². The van der Waals surface area contributed by atoms with Crippen molar-refractivity contribution in [2.75, 3.05) is 0 Å². The van der Waals surface area contributed by atoms with Gasteiger partial charge in [-0.05, 0) is 25.0 Å². The molecule has 0 fully saturated rings. The zero-order valence-electron chi connectivity index (χ0n) is 12.8. The molecular formula is C17H26O4. The summed E-state index contributed by atoms with van der Waals surface area (Å²) in [5.74, 6) is -0.777. The first-order valence-electron chi connectivity index (χ1n) is 7.82. The van der Waals surface area contributed by atoms with Gasteiger partial charge < -0.3 is 14.9 Å². The normalized spacial score (nSPS) is 12.0. The summed E-state index contributed by atoms with van der Waals surface area (Å²) < 4.78 is 5.40. The van der Waals surface area contributed by atoms with Crippen LogP contribution in [0.25, 0.3) is 0 Å². The summed E-state index contributed by atoms with van der Waals surface area (Å²) in [6, 6.07) is 6.45. The smallest absolute Gasteiger partial charge is 0.344 e. The topological polar surface area (TPSA) is 66.8 Å². The van der Waals surface area contributed by atoms with Crippen LogP contribution in [0.5, 0.6) is 11.5 Å². The van der Waals surface area contributed by atoms with Crippen molar-refractivity contribution in [1.29, 1.82) is 0 Å². The maximum Gasteiger partial charge on any atom is 0.344 e. The van der Waals surface area contributed by atoms with Crippen LogP contribution in [0.15, 0.2) is 24.3 Å². The number of aromatic hydroxyl groups is 1. The number of carbonyl (C=O) groups is 1. The molecule has 0 aliphatic rings. The molecule has 118 valence electrons. The second-order valence-electron chi connectivity index (χ2n) is 5.32. The van der Waals surface area contributed by atoms with Gasteiger partial charge in [0.15, 0.2) is 17.6 Å². The number of hydrogen-bond donors (Lipinski definition) is 2. The van der Waals surface area contributed by atoms with Gasteiger partial charge in [-0.25, -0.2) is 4.79 Å². The fourth-order valence-electron chi connectivity index (χ4n) is 2.23. The number of para-hydroxylation sites is 2. The Labute approximate surface area is 126 Å². The predicted molar refractivity (Wildman–Crippen MR) is 82.8 cm³/mol. The highest BCUT2D eigenvalue weighted by atomic mass is 16.5. The summed E-state index contributed by atoms with van der Waals surface area (Å²) in [7, 11) is 0. The van der Waals surface area contributed by atoms with E-state index in [1.165, 1.54) is 31.7 Å². The van der Waals surface area contributed by atoms with Gasteiger partial charge in [0.05, 0.1) is 0 Å². The molecule has 0 spiro atoms. The quantitative estimate of drug-likeness (QED) is 0.595. The van der Waals surface area contributed by atoms with Crippen LogP contribution in [0.1, 0.15) is 58.3 Å². The summed E-state index contributed by atoms with van der Waals surface area (Å²) in [6.45, 7) is 2.19. The van der Waals surface area contributed by atoms with Gasteiger partial charge in [-0.15, -0.1) is 0 Å². The molecule has 1 unspecified atom stereocenters. The van der Waals surface area contributed by atoms with Crippen LogP contribution >= 0.6 is 0 Å². The lowest BCUT2D eigenvalue weighted by atomic mass is 10.1. The molecule has 0 saturated carbocycles. The molecule has 0 heterocycles. The van der Waals surface area contributed by atoms with E-state index in [0.717, 1.165) is 19.3 Å². The van der Waals surface area contributed by atoms with Gasteiger partial charge in [-0.2, -0.15) is 0 Å². The fraction of sp³-hybridized carbons (Fsp3) is 0.588. The first-order chi connectivity index (χ1) is 10.1. The molecule has 2 N–H and O–H groups in total. The molecule has 4 heteroatoms. The number of phenolic OH excluding ortho intramolecular Hbond substituents is 1. The number of unbranched alkanes of at least 4 members (excludes halogenated alkanes) is 6. The van der Waals surface area contributed by atoms with E-state index in [4.69, 9.17) is 4.74 Å². The number of carboxylic acids is 1. The molecule has 0 amide bonds. The Morgan fingerprint density at radius 2 is 1.71 bits per heavy atom. The molecule has 4 nitrogen and oxygen atoms in total. The summed E-state index contributed by atoms with van der Waals surface area (Å²) in [6.07, 6.45) is 7.55. The monoisotopic (exact) mass is 294 g/mol. The number of hydrogen-bond acceptors (Lipinski definition) is 3. The zero-order valence-corrected chi connectivity index (χ0v) is 12.8. The number of aliphatic carboxylic acids is 1. The maximum absolute atomic E-state index is 11.2. The van der Waals surface area contributed by atoms with E-state index in [1.807, 2.05) is 0 Å². The lowest BCUT2D eigenvalue weighted by Gasteiger charge is -2.15. The van der Waals surface area contributed by atoms with Crippen molar-refractivity contribution >= 4 is 5.97 Å². The van der Waals surface area contributed by atoms with Crippen LogP contribution in [-0.2, 0) is 4.79 Å². The van der Waals surface area contributed by atoms with Gasteiger partial charge in [0.2, 0.25) is 0 Å². The standard InChI is InChI=1S/C17H26O4/c1-2-3-4-5-6-7-8-13-16(17(19)20)21-15-12-10-9-11-14(15)18/h9-12,16,18H,2-8,13H2,1H3,(H,19,20). The Hall–Kier alpha value is -1.71. The van der Waals surface area contributed by atoms with Crippen LogP contribution in [0, 0.1) is 0 Å². The number of benzene rings is 1. The third kappa shape index (κ3) is 7.02. The molecule has 0 bridgehead atoms. The number of phenols is 1. The van der Waals surface area contributed by atoms with E-state index < -0.39 is 12.1 Å². The number of carboxylic acid groups (broad SMARTS) is 1. The van der Waals surface area contributed by atoms with Gasteiger partial charge in [-0.1, -0.05) is 57.6 Å². The van der Waals surface area contributed by atoms with Crippen LogP contribution in [0.2, 0.25) is 0 Å². The van der Waals surface area contributed by atoms with Crippen molar-refractivity contribution in [3.05, 3.63) is 24.3 Å². The highest BCUT2D eigenvalue weighted by Gasteiger charge is 2.20. The summed E-state index contributed by atoms with van der Waals surface area (Å²) in [4.78, 5) is 11.2. The molecule has 1 aromatic rings. The average molecular weight is 294 g/mol. The van der Waals surface area contributed by atoms with Crippen molar-refractivity contribution in [2.24, 2.45) is 0 Å². The van der Waals surface area contributed by atoms with Crippen LogP contribution in [0.4, 0.5) is 0 Å². The minimum Gasteiger partial charge on any atom is -0.504 e. The molecule has 1 aromatic carbocycles. The molecule has 0 aromatic heterocycles. The van der Waals surface area contributed by atoms with E-state index in [0.29, 0.717) is 6.42 Å². The molecule has 0 aliphatic heterocycles. The van der Waals surface area contributed by atoms with Gasteiger partial charge >= 0.3 is 5.97 Å². The zero-order chi connectivity index (χ0) is 15.5. The van der Waals surface area contributed by atoms with Crippen molar-refractivity contribution < 1.29 is 19.7 Å². The Morgan fingerprint density at radius 1 is 1.10 bits per heavy atom. The molecule has 1 rings (SSSR count). The summed E-state index contributed by atoms with van der Waals surface area (Å²) in [5.41, 5.74) is 0. The molecule has 0 radical (unpaired) electrons. The van der Waals surface area contributed by atoms with Crippen molar-refractivity contribution in [1.82, 2.24) is 0 Å². The third-order valence-electron chi connectivity index (χ3n) is 3.48. The third-order valence-corrected chi connectivity index (χ3v) is 3.48. The van der Waals surface area contributed by atoms with Gasteiger partial charge in [0.25, 0.3) is 0 Å². The number of rotatable bonds is 11. The van der Waals surface area contributed by atoms with Crippen molar-refractivity contribution in [2.45, 2.75) is 64.4 Å². The van der Waals surface area contributed by atoms with Crippen molar-refractivity contribution in [3.63, 3.8) is 0 Å². The Kier molecular flexibility index (Phi) is 8.32. The Balaban J connectivity index is 2.31. The van der Waals surface area contributed by atoms with E-state index in [1.54, 1.807) is 18.2 Å². The summed E-state index contributed by atoms with van der Waals surface area (Å²) in [5, 5.41) is 18.8. The maximum atomic E-state index is 11.2. The first kappa shape index (κ1) is 17.3. The van der Waals surface area contributed by atoms with Crippen molar-refractivity contribution in [3.8, 4) is 11.5 Å². The second kappa shape index (κ2) is 10.1. The van der Waals surface area contributed by atoms with E-state index in [2.05, 4.69) is 6.92 Å². The highest BCUT2D eigenvalue weighted by molar-refractivity contribution is 5.72. The second-order valence-corrected chi connectivity index (χ2v) is 5.32. The molecule has 0 saturated heterocycles. The summed E-state index contributed by atoms with van der Waals surface area (Å²) >= 11 is 0. The molecule has 0 aliphatic carbocycles. The van der Waals surface area contributed by atoms with E-state index in [-0.39, 0.29) is 11.5 Å². The Bertz CT molecular complexity index is 417. The average Bonchev–Trinajstić information content (AvgIpc) is 2.46. The lowest BCUT2D eigenvalue weighted by molar-refractivity contribution is -0.145. The molecular weight excluding hydrogens is 268 g/mol. The number of ether oxygens (including phenoxy) is 1. The highest BCUT2D eigenvalue weighted by Crippen LogP contribution is 2.26. The SMILES string of the molecule is CCCCCCCCCC(Oc1ccccc1O)C(=O)O. The minimum atomic E-state index is -0.982. The minimum absolute atomic E-state index is 0.0247. The van der Waals surface area contributed by atoms with E-state index in [9.17, 15) is 15.0 Å². The Morgan fingerprint density at radius 3 is 2.33 bits per heavy atom. The first-order valence-corrected chi connectivity index (χ1v) is 7.82. The van der Waals surface area contributed by atoms with Gasteiger partial charge in [-0.3, -0.25) is 0 Å². The largest absolute Gasteiger partial charge is 0.504 e.